The number of rotatable bonds is 1. The first-order valence-electron chi connectivity index (χ1n) is 4.38. The lowest BCUT2D eigenvalue weighted by molar-refractivity contribution is -0.127. The predicted molar refractivity (Wildman–Crippen MR) is 57.5 cm³/mol. The van der Waals surface area contributed by atoms with Crippen LogP contribution >= 0.6 is 0 Å². The molecule has 2 rings (SSSR count). The zero-order valence-electron chi connectivity index (χ0n) is 8.06. The van der Waals surface area contributed by atoms with Gasteiger partial charge in [-0.1, -0.05) is 6.07 Å². The standard InChI is InChI=1S/C9H8N2O4S/c10-11-6-2-1-5-3-8(16(13)14)9(12)15-7(5)4-6/h1-2,4,11H,3,10H2. The molecule has 0 radical (unpaired) electrons. The van der Waals surface area contributed by atoms with Crippen LogP contribution in [-0.2, 0) is 21.5 Å². The lowest BCUT2D eigenvalue weighted by atomic mass is 10.1. The fraction of sp³-hybridized carbons (Fsp3) is 0.111. The van der Waals surface area contributed by atoms with Crippen molar-refractivity contribution in [3.05, 3.63) is 23.8 Å². The Labute approximate surface area is 92.5 Å². The molecule has 1 aromatic carbocycles. The molecular weight excluding hydrogens is 232 g/mol. The molecule has 0 spiro atoms. The summed E-state index contributed by atoms with van der Waals surface area (Å²) in [5.74, 6) is 4.69. The zero-order chi connectivity index (χ0) is 11.7. The van der Waals surface area contributed by atoms with E-state index in [-0.39, 0.29) is 11.3 Å². The number of fused-ring (bicyclic) bond motifs is 1. The molecule has 1 aliphatic heterocycles. The van der Waals surface area contributed by atoms with Crippen LogP contribution in [0, 0.1) is 0 Å². The summed E-state index contributed by atoms with van der Waals surface area (Å²) < 4.78 is 26.3. The minimum absolute atomic E-state index is 0.0507. The molecule has 0 unspecified atom stereocenters. The summed E-state index contributed by atoms with van der Waals surface area (Å²) >= 11 is 0. The Hall–Kier alpha value is -1.86. The molecule has 0 fully saturated rings. The van der Waals surface area contributed by atoms with Crippen molar-refractivity contribution in [2.24, 2.45) is 5.84 Å². The first kappa shape index (κ1) is 10.7. The summed E-state index contributed by atoms with van der Waals surface area (Å²) in [6.07, 6.45) is 0.0507. The van der Waals surface area contributed by atoms with Crippen LogP contribution in [0.1, 0.15) is 5.56 Å². The highest BCUT2D eigenvalue weighted by atomic mass is 32.2. The van der Waals surface area contributed by atoms with Crippen molar-refractivity contribution in [3.8, 4) is 5.75 Å². The Morgan fingerprint density at radius 2 is 2.12 bits per heavy atom. The van der Waals surface area contributed by atoms with E-state index in [1.165, 1.54) is 6.07 Å². The number of nitrogens with one attached hydrogen (secondary N) is 1. The number of hydrogen-bond donors (Lipinski definition) is 2. The van der Waals surface area contributed by atoms with Gasteiger partial charge in [0.25, 0.3) is 0 Å². The van der Waals surface area contributed by atoms with Crippen molar-refractivity contribution in [2.45, 2.75) is 6.42 Å². The second kappa shape index (κ2) is 3.95. The number of benzene rings is 1. The molecular formula is C9H8N2O4S. The fourth-order valence-electron chi connectivity index (χ4n) is 1.41. The van der Waals surface area contributed by atoms with Gasteiger partial charge >= 0.3 is 5.97 Å². The third-order valence-electron chi connectivity index (χ3n) is 2.22. The molecule has 0 bridgehead atoms. The van der Waals surface area contributed by atoms with Crippen molar-refractivity contribution in [1.82, 2.24) is 0 Å². The number of carbonyl (C=O) groups excluding carboxylic acids is 1. The number of esters is 1. The summed E-state index contributed by atoms with van der Waals surface area (Å²) in [6.45, 7) is 0. The van der Waals surface area contributed by atoms with E-state index in [9.17, 15) is 13.2 Å². The molecule has 0 aromatic heterocycles. The molecule has 6 nitrogen and oxygen atoms in total. The van der Waals surface area contributed by atoms with Gasteiger partial charge in [0.1, 0.15) is 5.75 Å². The van der Waals surface area contributed by atoms with Crippen LogP contribution < -0.4 is 16.0 Å². The second-order valence-corrected chi connectivity index (χ2v) is 4.15. The number of nitrogen functional groups attached to an aromatic ring is 1. The van der Waals surface area contributed by atoms with Gasteiger partial charge in [-0.25, -0.2) is 4.79 Å². The average molecular weight is 240 g/mol. The van der Waals surface area contributed by atoms with Gasteiger partial charge in [-0.2, -0.15) is 8.42 Å². The van der Waals surface area contributed by atoms with E-state index >= 15 is 0 Å². The van der Waals surface area contributed by atoms with E-state index in [2.05, 4.69) is 5.43 Å². The number of nitrogens with two attached hydrogens (primary N) is 1. The molecule has 0 aliphatic carbocycles. The van der Waals surface area contributed by atoms with E-state index in [1.807, 2.05) is 0 Å². The fourth-order valence-corrected chi connectivity index (χ4v) is 1.87. The van der Waals surface area contributed by atoms with Crippen molar-refractivity contribution in [2.75, 3.05) is 5.43 Å². The van der Waals surface area contributed by atoms with Gasteiger partial charge in [0.2, 0.25) is 10.3 Å². The first-order chi connectivity index (χ1) is 7.61. The number of hydrogen-bond acceptors (Lipinski definition) is 6. The van der Waals surface area contributed by atoms with Crippen LogP contribution in [0.25, 0.3) is 0 Å². The Bertz CT molecular complexity index is 584. The van der Waals surface area contributed by atoms with Crippen LogP contribution in [0.3, 0.4) is 0 Å². The van der Waals surface area contributed by atoms with Gasteiger partial charge in [-0.05, 0) is 6.07 Å². The van der Waals surface area contributed by atoms with Gasteiger partial charge in [-0.3, -0.25) is 5.84 Å². The number of ether oxygens (including phenoxy) is 1. The SMILES string of the molecule is NNc1ccc2c(c1)OC(=O)C(=S(=O)=O)C2. The maximum Gasteiger partial charge on any atom is 0.355 e. The maximum absolute atomic E-state index is 11.3. The van der Waals surface area contributed by atoms with Gasteiger partial charge in [0.05, 0.1) is 5.69 Å². The van der Waals surface area contributed by atoms with Crippen molar-refractivity contribution in [3.63, 3.8) is 0 Å². The summed E-state index contributed by atoms with van der Waals surface area (Å²) in [5.41, 5.74) is 3.62. The molecule has 84 valence electrons. The molecule has 16 heavy (non-hydrogen) atoms. The summed E-state index contributed by atoms with van der Waals surface area (Å²) in [5, 5.41) is 0. The van der Waals surface area contributed by atoms with E-state index in [0.29, 0.717) is 17.0 Å². The molecule has 3 N–H and O–H groups in total. The Kier molecular flexibility index (Phi) is 2.63. The average Bonchev–Trinajstić information content (AvgIpc) is 2.27. The number of carbonyl (C=O) groups is 1. The third-order valence-corrected chi connectivity index (χ3v) is 2.93. The summed E-state index contributed by atoms with van der Waals surface area (Å²) in [6, 6.07) is 4.87. The molecule has 1 aliphatic rings. The van der Waals surface area contributed by atoms with Crippen LogP contribution in [0.2, 0.25) is 0 Å². The third kappa shape index (κ3) is 1.77. The number of hydrazine groups is 1. The summed E-state index contributed by atoms with van der Waals surface area (Å²) in [7, 11) is -2.54. The monoisotopic (exact) mass is 240 g/mol. The molecule has 0 atom stereocenters. The van der Waals surface area contributed by atoms with Crippen LogP contribution in [0.4, 0.5) is 5.69 Å². The molecule has 0 saturated heterocycles. The minimum Gasteiger partial charge on any atom is -0.422 e. The largest absolute Gasteiger partial charge is 0.422 e. The molecule has 0 saturated carbocycles. The van der Waals surface area contributed by atoms with Crippen LogP contribution in [-0.4, -0.2) is 19.3 Å². The lowest BCUT2D eigenvalue weighted by Gasteiger charge is -2.16. The van der Waals surface area contributed by atoms with Crippen molar-refractivity contribution >= 4 is 26.8 Å². The maximum atomic E-state index is 11.3. The Balaban J connectivity index is 2.51. The highest BCUT2D eigenvalue weighted by Crippen LogP contribution is 2.27. The zero-order valence-corrected chi connectivity index (χ0v) is 8.87. The topological polar surface area (TPSA) is 98.5 Å². The first-order valence-corrected chi connectivity index (χ1v) is 5.46. The smallest absolute Gasteiger partial charge is 0.355 e. The highest BCUT2D eigenvalue weighted by Gasteiger charge is 2.25. The Morgan fingerprint density at radius 1 is 1.38 bits per heavy atom. The summed E-state index contributed by atoms with van der Waals surface area (Å²) in [4.78, 5) is 11.0. The van der Waals surface area contributed by atoms with Gasteiger partial charge < -0.3 is 10.2 Å². The molecule has 0 amide bonds. The van der Waals surface area contributed by atoms with Crippen LogP contribution in [0.15, 0.2) is 18.2 Å². The van der Waals surface area contributed by atoms with Gasteiger partial charge in [0.15, 0.2) is 4.86 Å². The van der Waals surface area contributed by atoms with Crippen LogP contribution in [0.5, 0.6) is 5.75 Å². The van der Waals surface area contributed by atoms with Gasteiger partial charge in [-0.15, -0.1) is 0 Å². The van der Waals surface area contributed by atoms with Crippen molar-refractivity contribution in [1.29, 1.82) is 0 Å². The normalized spacial score (nSPS) is 14.1. The molecule has 1 aromatic rings. The number of anilines is 1. The van der Waals surface area contributed by atoms with Crippen molar-refractivity contribution < 1.29 is 17.9 Å². The van der Waals surface area contributed by atoms with E-state index in [4.69, 9.17) is 10.6 Å². The lowest BCUT2D eigenvalue weighted by Crippen LogP contribution is -2.28. The predicted octanol–water partition coefficient (Wildman–Crippen LogP) is -0.515. The molecule has 7 heteroatoms. The highest BCUT2D eigenvalue weighted by molar-refractivity contribution is 7.74. The molecule has 1 heterocycles. The Morgan fingerprint density at radius 3 is 2.75 bits per heavy atom. The minimum atomic E-state index is -2.54. The quantitative estimate of drug-likeness (QED) is 0.225. The van der Waals surface area contributed by atoms with E-state index < -0.39 is 16.3 Å². The second-order valence-electron chi connectivity index (χ2n) is 3.19. The van der Waals surface area contributed by atoms with Gasteiger partial charge in [0, 0.05) is 18.1 Å². The van der Waals surface area contributed by atoms with E-state index in [0.717, 1.165) is 0 Å². The van der Waals surface area contributed by atoms with E-state index in [1.54, 1.807) is 12.1 Å².